The van der Waals surface area contributed by atoms with Crippen molar-refractivity contribution >= 4 is 10.0 Å². The van der Waals surface area contributed by atoms with Gasteiger partial charge in [-0.3, -0.25) is 0 Å². The summed E-state index contributed by atoms with van der Waals surface area (Å²) in [5.41, 5.74) is 0.293. The minimum absolute atomic E-state index is 0.0546. The lowest BCUT2D eigenvalue weighted by atomic mass is 10.2. The van der Waals surface area contributed by atoms with Gasteiger partial charge in [-0.2, -0.15) is 5.26 Å². The Balaban J connectivity index is 2.90. The first-order chi connectivity index (χ1) is 8.35. The highest BCUT2D eigenvalue weighted by Crippen LogP contribution is 2.12. The molecule has 1 aromatic rings. The van der Waals surface area contributed by atoms with Crippen LogP contribution in [0.15, 0.2) is 29.2 Å². The van der Waals surface area contributed by atoms with Gasteiger partial charge < -0.3 is 5.11 Å². The van der Waals surface area contributed by atoms with Gasteiger partial charge in [-0.1, -0.05) is 6.07 Å². The van der Waals surface area contributed by atoms with Crippen LogP contribution in [0.5, 0.6) is 0 Å². The molecule has 0 aliphatic heterocycles. The van der Waals surface area contributed by atoms with Gasteiger partial charge in [0.15, 0.2) is 0 Å². The summed E-state index contributed by atoms with van der Waals surface area (Å²) in [6.07, 6.45) is -0.245. The van der Waals surface area contributed by atoms with Crippen LogP contribution in [0, 0.1) is 11.3 Å². The zero-order chi connectivity index (χ0) is 13.8. The molecule has 6 heteroatoms. The monoisotopic (exact) mass is 268 g/mol. The Morgan fingerprint density at radius 1 is 1.44 bits per heavy atom. The second kappa shape index (κ2) is 5.96. The molecule has 2 atom stereocenters. The number of nitrogens with zero attached hydrogens (tertiary/aromatic N) is 1. The Morgan fingerprint density at radius 3 is 2.67 bits per heavy atom. The summed E-state index contributed by atoms with van der Waals surface area (Å²) in [4.78, 5) is 0.0546. The molecule has 0 saturated carbocycles. The summed E-state index contributed by atoms with van der Waals surface area (Å²) in [6, 6.07) is 7.32. The smallest absolute Gasteiger partial charge is 0.240 e. The van der Waals surface area contributed by atoms with Gasteiger partial charge in [-0.15, -0.1) is 0 Å². The van der Waals surface area contributed by atoms with E-state index in [-0.39, 0.29) is 10.9 Å². The number of hydrogen-bond donors (Lipinski definition) is 2. The highest BCUT2D eigenvalue weighted by molar-refractivity contribution is 7.89. The van der Waals surface area contributed by atoms with Crippen molar-refractivity contribution < 1.29 is 13.5 Å². The lowest BCUT2D eigenvalue weighted by molar-refractivity contribution is 0.175. The molecule has 0 aliphatic rings. The average Bonchev–Trinajstić information content (AvgIpc) is 2.27. The highest BCUT2D eigenvalue weighted by atomic mass is 32.2. The minimum atomic E-state index is -3.65. The van der Waals surface area contributed by atoms with Crippen LogP contribution in [0.4, 0.5) is 0 Å². The third kappa shape index (κ3) is 4.11. The number of sulfonamides is 1. The van der Waals surface area contributed by atoms with Crippen molar-refractivity contribution in [2.75, 3.05) is 0 Å². The predicted octanol–water partition coefficient (Wildman–Crippen LogP) is 0.996. The molecule has 5 nitrogen and oxygen atoms in total. The van der Waals surface area contributed by atoms with Gasteiger partial charge >= 0.3 is 0 Å². The SMILES string of the molecule is CC(O)CC(C)NS(=O)(=O)c1cccc(C#N)c1. The molecule has 0 aromatic heterocycles. The van der Waals surface area contributed by atoms with Crippen LogP contribution in [-0.4, -0.2) is 25.7 Å². The van der Waals surface area contributed by atoms with E-state index < -0.39 is 16.1 Å². The van der Waals surface area contributed by atoms with Crippen molar-refractivity contribution in [2.45, 2.75) is 37.3 Å². The van der Waals surface area contributed by atoms with E-state index in [1.165, 1.54) is 24.3 Å². The fourth-order valence-corrected chi connectivity index (χ4v) is 2.93. The van der Waals surface area contributed by atoms with Crippen LogP contribution in [0.25, 0.3) is 0 Å². The van der Waals surface area contributed by atoms with Gasteiger partial charge in [0.2, 0.25) is 10.0 Å². The van der Waals surface area contributed by atoms with Gasteiger partial charge in [0.05, 0.1) is 22.6 Å². The summed E-state index contributed by atoms with van der Waals surface area (Å²) in [6.45, 7) is 3.28. The van der Waals surface area contributed by atoms with E-state index in [4.69, 9.17) is 5.26 Å². The molecule has 98 valence electrons. The largest absolute Gasteiger partial charge is 0.393 e. The zero-order valence-corrected chi connectivity index (χ0v) is 11.1. The first kappa shape index (κ1) is 14.6. The Labute approximate surface area is 107 Å². The Morgan fingerprint density at radius 2 is 2.11 bits per heavy atom. The summed E-state index contributed by atoms with van der Waals surface area (Å²) < 4.78 is 26.4. The van der Waals surface area contributed by atoms with Gasteiger partial charge in [0, 0.05) is 6.04 Å². The molecule has 1 rings (SSSR count). The van der Waals surface area contributed by atoms with Crippen molar-refractivity contribution in [3.8, 4) is 6.07 Å². The highest BCUT2D eigenvalue weighted by Gasteiger charge is 2.18. The van der Waals surface area contributed by atoms with Crippen molar-refractivity contribution in [2.24, 2.45) is 0 Å². The summed E-state index contributed by atoms with van der Waals surface area (Å²) in [5.74, 6) is 0. The molecule has 2 unspecified atom stereocenters. The molecule has 0 spiro atoms. The maximum Gasteiger partial charge on any atom is 0.240 e. The number of rotatable bonds is 5. The number of aliphatic hydroxyl groups is 1. The number of nitrogens with one attached hydrogen (secondary N) is 1. The second-order valence-corrected chi connectivity index (χ2v) is 5.96. The average molecular weight is 268 g/mol. The second-order valence-electron chi connectivity index (χ2n) is 4.25. The van der Waals surface area contributed by atoms with Crippen LogP contribution >= 0.6 is 0 Å². The molecular weight excluding hydrogens is 252 g/mol. The van der Waals surface area contributed by atoms with Crippen LogP contribution in [0.1, 0.15) is 25.8 Å². The van der Waals surface area contributed by atoms with Crippen LogP contribution in [-0.2, 0) is 10.0 Å². The molecule has 0 radical (unpaired) electrons. The standard InChI is InChI=1S/C12H16N2O3S/c1-9(6-10(2)15)14-18(16,17)12-5-3-4-11(7-12)8-13/h3-5,7,9-10,14-15H,6H2,1-2H3. The third-order valence-electron chi connectivity index (χ3n) is 2.32. The molecule has 1 aromatic carbocycles. The number of hydrogen-bond acceptors (Lipinski definition) is 4. The molecule has 2 N–H and O–H groups in total. The van der Waals surface area contributed by atoms with Gasteiger partial charge in [-0.25, -0.2) is 13.1 Å². The van der Waals surface area contributed by atoms with E-state index in [0.717, 1.165) is 0 Å². The fraction of sp³-hybridized carbons (Fsp3) is 0.417. The maximum atomic E-state index is 12.0. The quantitative estimate of drug-likeness (QED) is 0.833. The fourth-order valence-electron chi connectivity index (χ4n) is 1.63. The molecule has 0 heterocycles. The molecule has 18 heavy (non-hydrogen) atoms. The Kier molecular flexibility index (Phi) is 4.84. The topological polar surface area (TPSA) is 90.2 Å². The lowest BCUT2D eigenvalue weighted by Crippen LogP contribution is -2.34. The van der Waals surface area contributed by atoms with Crippen LogP contribution in [0.2, 0.25) is 0 Å². The first-order valence-corrected chi connectivity index (χ1v) is 7.04. The minimum Gasteiger partial charge on any atom is -0.393 e. The van der Waals surface area contributed by atoms with Crippen molar-refractivity contribution in [3.63, 3.8) is 0 Å². The van der Waals surface area contributed by atoms with E-state index in [2.05, 4.69) is 4.72 Å². The van der Waals surface area contributed by atoms with Crippen LogP contribution in [0.3, 0.4) is 0 Å². The molecule has 0 bridgehead atoms. The molecule has 0 amide bonds. The summed E-state index contributed by atoms with van der Waals surface area (Å²) in [5, 5.41) is 17.9. The third-order valence-corrected chi connectivity index (χ3v) is 3.91. The van der Waals surface area contributed by atoms with E-state index in [1.54, 1.807) is 13.8 Å². The Bertz CT molecular complexity index is 547. The van der Waals surface area contributed by atoms with Crippen molar-refractivity contribution in [1.29, 1.82) is 5.26 Å². The van der Waals surface area contributed by atoms with E-state index in [1.807, 2.05) is 6.07 Å². The zero-order valence-electron chi connectivity index (χ0n) is 10.3. The normalized spacial score (nSPS) is 14.8. The number of benzene rings is 1. The predicted molar refractivity (Wildman–Crippen MR) is 67.2 cm³/mol. The van der Waals surface area contributed by atoms with E-state index in [0.29, 0.717) is 12.0 Å². The summed E-state index contributed by atoms with van der Waals surface area (Å²) in [7, 11) is -3.65. The number of nitriles is 1. The lowest BCUT2D eigenvalue weighted by Gasteiger charge is -2.15. The van der Waals surface area contributed by atoms with Gasteiger partial charge in [0.1, 0.15) is 0 Å². The van der Waals surface area contributed by atoms with Crippen LogP contribution < -0.4 is 4.72 Å². The van der Waals surface area contributed by atoms with Crippen molar-refractivity contribution in [3.05, 3.63) is 29.8 Å². The molecular formula is C12H16N2O3S. The molecule has 0 fully saturated rings. The first-order valence-electron chi connectivity index (χ1n) is 5.55. The van der Waals surface area contributed by atoms with Gasteiger partial charge in [0.25, 0.3) is 0 Å². The molecule has 0 aliphatic carbocycles. The summed E-state index contributed by atoms with van der Waals surface area (Å²) >= 11 is 0. The Hall–Kier alpha value is -1.42. The number of aliphatic hydroxyl groups excluding tert-OH is 1. The van der Waals surface area contributed by atoms with Crippen molar-refractivity contribution in [1.82, 2.24) is 4.72 Å². The van der Waals surface area contributed by atoms with E-state index in [9.17, 15) is 13.5 Å². The molecule has 0 saturated heterocycles. The maximum absolute atomic E-state index is 12.0. The van der Waals surface area contributed by atoms with E-state index >= 15 is 0 Å². The van der Waals surface area contributed by atoms with Gasteiger partial charge in [-0.05, 0) is 38.5 Å².